The van der Waals surface area contributed by atoms with E-state index >= 15 is 0 Å². The van der Waals surface area contributed by atoms with E-state index in [2.05, 4.69) is 5.32 Å². The number of nitrogens with zero attached hydrogens (tertiary/aromatic N) is 1. The standard InChI is InChI=1S/C15H21ClFN3O2/c1-9(2)14(18)15(22)19-7-13(21)20(3)8-10-4-5-11(17)6-12(10)16/h4-6,9,14H,7-8,18H2,1-3H3,(H,19,22)/t14-/m0/s1. The summed E-state index contributed by atoms with van der Waals surface area (Å²) in [6.07, 6.45) is 0. The number of carbonyl (C=O) groups is 2. The number of hydrogen-bond donors (Lipinski definition) is 2. The summed E-state index contributed by atoms with van der Waals surface area (Å²) >= 11 is 5.92. The Morgan fingerprint density at radius 1 is 1.41 bits per heavy atom. The van der Waals surface area contributed by atoms with Gasteiger partial charge >= 0.3 is 0 Å². The Labute approximate surface area is 134 Å². The number of rotatable bonds is 6. The number of benzene rings is 1. The summed E-state index contributed by atoms with van der Waals surface area (Å²) in [5.74, 6) is -1.09. The molecule has 0 aliphatic heterocycles. The van der Waals surface area contributed by atoms with Crippen molar-refractivity contribution in [2.75, 3.05) is 13.6 Å². The third-order valence-corrected chi connectivity index (χ3v) is 3.64. The summed E-state index contributed by atoms with van der Waals surface area (Å²) in [6.45, 7) is 3.74. The van der Waals surface area contributed by atoms with Crippen molar-refractivity contribution in [2.45, 2.75) is 26.4 Å². The molecule has 7 heteroatoms. The Morgan fingerprint density at radius 2 is 2.05 bits per heavy atom. The summed E-state index contributed by atoms with van der Waals surface area (Å²) < 4.78 is 13.0. The van der Waals surface area contributed by atoms with Gasteiger partial charge in [0.15, 0.2) is 0 Å². The van der Waals surface area contributed by atoms with Gasteiger partial charge in [-0.05, 0) is 23.6 Å². The first kappa shape index (κ1) is 18.4. The molecule has 0 saturated carbocycles. The summed E-state index contributed by atoms with van der Waals surface area (Å²) in [7, 11) is 1.58. The fraction of sp³-hybridized carbons (Fsp3) is 0.467. The fourth-order valence-corrected chi connectivity index (χ4v) is 1.94. The molecule has 0 aliphatic carbocycles. The first-order valence-corrected chi connectivity index (χ1v) is 7.31. The quantitative estimate of drug-likeness (QED) is 0.831. The molecule has 0 unspecified atom stereocenters. The third-order valence-electron chi connectivity index (χ3n) is 3.28. The lowest BCUT2D eigenvalue weighted by atomic mass is 10.1. The number of halogens is 2. The van der Waals surface area contributed by atoms with Gasteiger partial charge in [0.2, 0.25) is 11.8 Å². The first-order valence-electron chi connectivity index (χ1n) is 6.93. The SMILES string of the molecule is CC(C)[C@H](N)C(=O)NCC(=O)N(C)Cc1ccc(F)cc1Cl. The Kier molecular flexibility index (Phi) is 6.77. The molecule has 0 bridgehead atoms. The molecule has 0 spiro atoms. The largest absolute Gasteiger partial charge is 0.346 e. The maximum atomic E-state index is 13.0. The highest BCUT2D eigenvalue weighted by Crippen LogP contribution is 2.18. The molecular formula is C15H21ClFN3O2. The van der Waals surface area contributed by atoms with Crippen LogP contribution < -0.4 is 11.1 Å². The van der Waals surface area contributed by atoms with E-state index in [0.717, 1.165) is 0 Å². The van der Waals surface area contributed by atoms with Crippen molar-refractivity contribution in [2.24, 2.45) is 11.7 Å². The van der Waals surface area contributed by atoms with Crippen LogP contribution in [0.5, 0.6) is 0 Å². The van der Waals surface area contributed by atoms with Gasteiger partial charge in [0, 0.05) is 18.6 Å². The monoisotopic (exact) mass is 329 g/mol. The zero-order valence-corrected chi connectivity index (χ0v) is 13.7. The summed E-state index contributed by atoms with van der Waals surface area (Å²) in [5.41, 5.74) is 6.32. The van der Waals surface area contributed by atoms with Crippen LogP contribution in [-0.2, 0) is 16.1 Å². The zero-order valence-electron chi connectivity index (χ0n) is 12.9. The summed E-state index contributed by atoms with van der Waals surface area (Å²) in [5, 5.41) is 2.76. The van der Waals surface area contributed by atoms with E-state index in [0.29, 0.717) is 5.56 Å². The molecule has 0 saturated heterocycles. The van der Waals surface area contributed by atoms with Gasteiger partial charge in [-0.1, -0.05) is 31.5 Å². The molecule has 0 aromatic heterocycles. The Hall–Kier alpha value is -1.66. The Bertz CT molecular complexity index is 552. The van der Waals surface area contributed by atoms with E-state index in [9.17, 15) is 14.0 Å². The van der Waals surface area contributed by atoms with Gasteiger partial charge in [0.25, 0.3) is 0 Å². The minimum absolute atomic E-state index is 0.00847. The van der Waals surface area contributed by atoms with E-state index in [1.807, 2.05) is 13.8 Å². The molecule has 1 rings (SSSR count). The lowest BCUT2D eigenvalue weighted by Gasteiger charge is -2.20. The second kappa shape index (κ2) is 8.10. The molecule has 0 heterocycles. The summed E-state index contributed by atoms with van der Waals surface area (Å²) in [6, 6.07) is 3.35. The average molecular weight is 330 g/mol. The molecular weight excluding hydrogens is 309 g/mol. The minimum atomic E-state index is -0.648. The van der Waals surface area contributed by atoms with Crippen LogP contribution >= 0.6 is 11.6 Å². The smallest absolute Gasteiger partial charge is 0.242 e. The second-order valence-electron chi connectivity index (χ2n) is 5.47. The van der Waals surface area contributed by atoms with Crippen LogP contribution in [0.2, 0.25) is 5.02 Å². The van der Waals surface area contributed by atoms with Crippen LogP contribution in [0, 0.1) is 11.7 Å². The number of hydrogen-bond acceptors (Lipinski definition) is 3. The number of likely N-dealkylation sites (N-methyl/N-ethyl adjacent to an activating group) is 1. The number of nitrogens with one attached hydrogen (secondary N) is 1. The van der Waals surface area contributed by atoms with E-state index in [1.54, 1.807) is 7.05 Å². The van der Waals surface area contributed by atoms with Crippen LogP contribution in [0.1, 0.15) is 19.4 Å². The Morgan fingerprint density at radius 3 is 2.59 bits per heavy atom. The predicted octanol–water partition coefficient (Wildman–Crippen LogP) is 1.54. The number of carbonyl (C=O) groups excluding carboxylic acids is 2. The topological polar surface area (TPSA) is 75.4 Å². The van der Waals surface area contributed by atoms with Gasteiger partial charge in [-0.2, -0.15) is 0 Å². The van der Waals surface area contributed by atoms with Gasteiger partial charge in [-0.3, -0.25) is 9.59 Å². The van der Waals surface area contributed by atoms with Crippen LogP contribution in [0.15, 0.2) is 18.2 Å². The van der Waals surface area contributed by atoms with Gasteiger partial charge in [0.1, 0.15) is 5.82 Å². The number of amides is 2. The molecule has 122 valence electrons. The van der Waals surface area contributed by atoms with Crippen molar-refractivity contribution in [1.82, 2.24) is 10.2 Å². The van der Waals surface area contributed by atoms with E-state index in [1.165, 1.54) is 23.1 Å². The zero-order chi connectivity index (χ0) is 16.9. The average Bonchev–Trinajstić information content (AvgIpc) is 2.46. The molecule has 1 aromatic carbocycles. The molecule has 2 amide bonds. The maximum absolute atomic E-state index is 13.0. The van der Waals surface area contributed by atoms with Crippen LogP contribution in [0.25, 0.3) is 0 Å². The molecule has 3 N–H and O–H groups in total. The highest BCUT2D eigenvalue weighted by atomic mass is 35.5. The van der Waals surface area contributed by atoms with Gasteiger partial charge < -0.3 is 16.0 Å². The highest BCUT2D eigenvalue weighted by molar-refractivity contribution is 6.31. The second-order valence-corrected chi connectivity index (χ2v) is 5.88. The van der Waals surface area contributed by atoms with Crippen LogP contribution in [0.4, 0.5) is 4.39 Å². The molecule has 0 fully saturated rings. The summed E-state index contributed by atoms with van der Waals surface area (Å²) in [4.78, 5) is 25.1. The molecule has 1 aromatic rings. The van der Waals surface area contributed by atoms with Crippen molar-refractivity contribution in [3.63, 3.8) is 0 Å². The molecule has 1 atom stereocenters. The van der Waals surface area contributed by atoms with Crippen LogP contribution in [0.3, 0.4) is 0 Å². The predicted molar refractivity (Wildman–Crippen MR) is 83.7 cm³/mol. The first-order chi connectivity index (χ1) is 10.2. The molecule has 5 nitrogen and oxygen atoms in total. The van der Waals surface area contributed by atoms with Crippen molar-refractivity contribution < 1.29 is 14.0 Å². The van der Waals surface area contributed by atoms with E-state index in [-0.39, 0.29) is 35.8 Å². The molecule has 22 heavy (non-hydrogen) atoms. The number of nitrogens with two attached hydrogens (primary N) is 1. The van der Waals surface area contributed by atoms with Crippen molar-refractivity contribution in [1.29, 1.82) is 0 Å². The molecule has 0 radical (unpaired) electrons. The van der Waals surface area contributed by atoms with Crippen molar-refractivity contribution in [3.8, 4) is 0 Å². The third kappa shape index (κ3) is 5.27. The fourth-order valence-electron chi connectivity index (χ4n) is 1.71. The van der Waals surface area contributed by atoms with Crippen molar-refractivity contribution in [3.05, 3.63) is 34.6 Å². The Balaban J connectivity index is 2.53. The van der Waals surface area contributed by atoms with Gasteiger partial charge in [0.05, 0.1) is 12.6 Å². The van der Waals surface area contributed by atoms with Crippen LogP contribution in [-0.4, -0.2) is 36.3 Å². The molecule has 0 aliphatic rings. The van der Waals surface area contributed by atoms with Gasteiger partial charge in [-0.15, -0.1) is 0 Å². The van der Waals surface area contributed by atoms with Crippen molar-refractivity contribution >= 4 is 23.4 Å². The maximum Gasteiger partial charge on any atom is 0.242 e. The lowest BCUT2D eigenvalue weighted by molar-refractivity contribution is -0.132. The minimum Gasteiger partial charge on any atom is -0.346 e. The van der Waals surface area contributed by atoms with Gasteiger partial charge in [-0.25, -0.2) is 4.39 Å². The van der Waals surface area contributed by atoms with E-state index in [4.69, 9.17) is 17.3 Å². The highest BCUT2D eigenvalue weighted by Gasteiger charge is 2.19. The van der Waals surface area contributed by atoms with E-state index < -0.39 is 11.9 Å². The normalized spacial score (nSPS) is 12.1. The lowest BCUT2D eigenvalue weighted by Crippen LogP contribution is -2.47.